The number of allylic oxidation sites excluding steroid dienone is 1. The van der Waals surface area contributed by atoms with Gasteiger partial charge in [0.1, 0.15) is 0 Å². The summed E-state index contributed by atoms with van der Waals surface area (Å²) in [6.45, 7) is 1.85. The number of rotatable bonds is 5. The lowest BCUT2D eigenvalue weighted by molar-refractivity contribution is -0.384. The second-order valence-corrected chi connectivity index (χ2v) is 8.66. The minimum Gasteiger partial charge on any atom is -0.322 e. The summed E-state index contributed by atoms with van der Waals surface area (Å²) in [7, 11) is 0. The van der Waals surface area contributed by atoms with Crippen LogP contribution in [0.15, 0.2) is 107 Å². The molecule has 2 heterocycles. The summed E-state index contributed by atoms with van der Waals surface area (Å²) in [4.78, 5) is 31.0. The van der Waals surface area contributed by atoms with E-state index < -0.39 is 11.0 Å². The van der Waals surface area contributed by atoms with E-state index in [2.05, 4.69) is 5.32 Å². The van der Waals surface area contributed by atoms with Crippen LogP contribution in [0.3, 0.4) is 0 Å². The molecule has 1 N–H and O–H groups in total. The Balaban J connectivity index is 1.58. The lowest BCUT2D eigenvalue weighted by Crippen LogP contribution is -2.37. The molecule has 3 aromatic rings. The van der Waals surface area contributed by atoms with Gasteiger partial charge in [-0.2, -0.15) is 0 Å². The van der Waals surface area contributed by atoms with Crippen LogP contribution in [-0.4, -0.2) is 20.9 Å². The number of para-hydroxylation sites is 1. The summed E-state index contributed by atoms with van der Waals surface area (Å²) in [5, 5.41) is 16.8. The minimum atomic E-state index is -0.416. The predicted octanol–water partition coefficient (Wildman–Crippen LogP) is 5.97. The zero-order valence-electron chi connectivity index (χ0n) is 18.2. The van der Waals surface area contributed by atoms with Gasteiger partial charge in [0.25, 0.3) is 11.6 Å². The second kappa shape index (κ2) is 8.99. The lowest BCUT2D eigenvalue weighted by Gasteiger charge is -2.36. The average Bonchev–Trinajstić information content (AvgIpc) is 3.27. The molecule has 7 nitrogen and oxygen atoms in total. The first-order chi connectivity index (χ1) is 16.5. The van der Waals surface area contributed by atoms with Gasteiger partial charge in [-0.25, -0.2) is 4.99 Å². The summed E-state index contributed by atoms with van der Waals surface area (Å²) >= 11 is 1.47. The van der Waals surface area contributed by atoms with Gasteiger partial charge in [-0.15, -0.1) is 0 Å². The van der Waals surface area contributed by atoms with E-state index in [0.717, 1.165) is 22.0 Å². The smallest absolute Gasteiger partial charge is 0.269 e. The maximum atomic E-state index is 13.5. The van der Waals surface area contributed by atoms with Gasteiger partial charge in [-0.1, -0.05) is 60.3 Å². The molecule has 0 saturated carbocycles. The molecule has 8 heteroatoms. The van der Waals surface area contributed by atoms with Crippen molar-refractivity contribution < 1.29 is 9.72 Å². The maximum absolute atomic E-state index is 13.5. The van der Waals surface area contributed by atoms with Gasteiger partial charge in [-0.05, 0) is 42.3 Å². The van der Waals surface area contributed by atoms with Crippen LogP contribution in [0, 0.1) is 10.1 Å². The standard InChI is InChI=1S/C26H20N4O3S/c1-17-23(25(31)28-20-10-6-3-7-11-20)24(19-8-4-2-5-9-19)29-22(16-34-26(29)27-17)18-12-14-21(15-13-18)30(32)33/h2-16,24H,1H3,(H,28,31)/t24-/m1/s1. The number of nitro groups is 1. The number of carbonyl (C=O) groups is 1. The fourth-order valence-electron chi connectivity index (χ4n) is 4.11. The van der Waals surface area contributed by atoms with Gasteiger partial charge >= 0.3 is 0 Å². The van der Waals surface area contributed by atoms with Crippen LogP contribution < -0.4 is 5.32 Å². The van der Waals surface area contributed by atoms with Crippen molar-refractivity contribution >= 4 is 39.9 Å². The second-order valence-electron chi connectivity index (χ2n) is 7.82. The summed E-state index contributed by atoms with van der Waals surface area (Å²) in [5.74, 6) is -0.222. The highest BCUT2D eigenvalue weighted by Gasteiger charge is 2.40. The molecule has 5 rings (SSSR count). The summed E-state index contributed by atoms with van der Waals surface area (Å²) in [5.41, 5.74) is 4.53. The number of carbonyl (C=O) groups excluding carboxylic acids is 1. The molecular weight excluding hydrogens is 448 g/mol. The Morgan fingerprint density at radius 2 is 1.65 bits per heavy atom. The number of anilines is 1. The number of nitrogens with one attached hydrogen (secondary N) is 1. The topological polar surface area (TPSA) is 87.8 Å². The van der Waals surface area contributed by atoms with Crippen LogP contribution >= 0.6 is 11.8 Å². The predicted molar refractivity (Wildman–Crippen MR) is 135 cm³/mol. The Morgan fingerprint density at radius 1 is 1.00 bits per heavy atom. The molecule has 3 aromatic carbocycles. The van der Waals surface area contributed by atoms with Crippen LogP contribution in [0.25, 0.3) is 5.70 Å². The van der Waals surface area contributed by atoms with Crippen molar-refractivity contribution in [3.63, 3.8) is 0 Å². The normalized spacial score (nSPS) is 17.1. The molecule has 0 bridgehead atoms. The van der Waals surface area contributed by atoms with Gasteiger partial charge < -0.3 is 10.2 Å². The molecule has 0 saturated heterocycles. The number of thioether (sulfide) groups is 1. The molecule has 0 fully saturated rings. The Labute approximate surface area is 200 Å². The van der Waals surface area contributed by atoms with E-state index in [1.807, 2.05) is 77.9 Å². The highest BCUT2D eigenvalue weighted by Crippen LogP contribution is 2.46. The quantitative estimate of drug-likeness (QED) is 0.368. The number of benzene rings is 3. The monoisotopic (exact) mass is 468 g/mol. The maximum Gasteiger partial charge on any atom is 0.269 e. The minimum absolute atomic E-state index is 0.0285. The zero-order chi connectivity index (χ0) is 23.7. The fourth-order valence-corrected chi connectivity index (χ4v) is 5.08. The molecule has 34 heavy (non-hydrogen) atoms. The highest BCUT2D eigenvalue weighted by atomic mass is 32.2. The molecule has 0 unspecified atom stereocenters. The van der Waals surface area contributed by atoms with E-state index in [-0.39, 0.29) is 11.6 Å². The third kappa shape index (κ3) is 3.99. The van der Waals surface area contributed by atoms with Crippen LogP contribution in [-0.2, 0) is 4.79 Å². The Morgan fingerprint density at radius 3 is 2.29 bits per heavy atom. The Hall–Kier alpha value is -4.17. The van der Waals surface area contributed by atoms with Crippen molar-refractivity contribution in [2.45, 2.75) is 13.0 Å². The molecule has 0 radical (unpaired) electrons. The molecule has 2 aliphatic rings. The number of nitrogens with zero attached hydrogens (tertiary/aromatic N) is 3. The first-order valence-corrected chi connectivity index (χ1v) is 11.5. The molecule has 0 aliphatic carbocycles. The first-order valence-electron chi connectivity index (χ1n) is 10.6. The number of non-ortho nitro benzene ring substituents is 1. The molecule has 0 spiro atoms. The molecule has 1 atom stereocenters. The number of fused-ring (bicyclic) bond motifs is 1. The number of hydrogen-bond acceptors (Lipinski definition) is 6. The van der Waals surface area contributed by atoms with Crippen LogP contribution in [0.4, 0.5) is 11.4 Å². The van der Waals surface area contributed by atoms with E-state index in [9.17, 15) is 14.9 Å². The molecule has 0 aromatic heterocycles. The van der Waals surface area contributed by atoms with Gasteiger partial charge in [-0.3, -0.25) is 14.9 Å². The largest absolute Gasteiger partial charge is 0.322 e. The van der Waals surface area contributed by atoms with Crippen molar-refractivity contribution in [3.05, 3.63) is 123 Å². The van der Waals surface area contributed by atoms with Crippen molar-refractivity contribution in [1.29, 1.82) is 0 Å². The van der Waals surface area contributed by atoms with Crippen molar-refractivity contribution in [2.75, 3.05) is 5.32 Å². The van der Waals surface area contributed by atoms with Gasteiger partial charge in [0.2, 0.25) is 0 Å². The van der Waals surface area contributed by atoms with Crippen LogP contribution in [0.2, 0.25) is 0 Å². The molecular formula is C26H20N4O3S. The average molecular weight is 469 g/mol. The number of hydrogen-bond donors (Lipinski definition) is 1. The Kier molecular flexibility index (Phi) is 5.73. The van der Waals surface area contributed by atoms with Crippen LogP contribution in [0.1, 0.15) is 24.1 Å². The zero-order valence-corrected chi connectivity index (χ0v) is 19.0. The van der Waals surface area contributed by atoms with Crippen molar-refractivity contribution in [2.24, 2.45) is 4.99 Å². The number of amides is 1. The summed E-state index contributed by atoms with van der Waals surface area (Å²) in [6.07, 6.45) is 0. The first kappa shape index (κ1) is 21.7. The summed E-state index contributed by atoms with van der Waals surface area (Å²) < 4.78 is 0. The lowest BCUT2D eigenvalue weighted by atomic mass is 9.92. The van der Waals surface area contributed by atoms with Gasteiger partial charge in [0, 0.05) is 23.2 Å². The van der Waals surface area contributed by atoms with Gasteiger partial charge in [0.05, 0.1) is 27.9 Å². The molecule has 1 amide bonds. The number of nitro benzene ring substituents is 1. The Bertz CT molecular complexity index is 1350. The molecule has 2 aliphatic heterocycles. The highest BCUT2D eigenvalue weighted by molar-refractivity contribution is 8.16. The van der Waals surface area contributed by atoms with E-state index >= 15 is 0 Å². The summed E-state index contributed by atoms with van der Waals surface area (Å²) in [6, 6.07) is 25.2. The van der Waals surface area contributed by atoms with Crippen molar-refractivity contribution in [1.82, 2.24) is 4.90 Å². The molecule has 168 valence electrons. The fraction of sp³-hybridized carbons (Fsp3) is 0.0769. The van der Waals surface area contributed by atoms with Gasteiger partial charge in [0.15, 0.2) is 5.17 Å². The van der Waals surface area contributed by atoms with E-state index in [1.165, 1.54) is 23.9 Å². The third-order valence-electron chi connectivity index (χ3n) is 5.69. The number of aliphatic imine (C=N–C) groups is 1. The van der Waals surface area contributed by atoms with E-state index in [1.54, 1.807) is 12.1 Å². The number of amidine groups is 1. The SMILES string of the molecule is CC1=C(C(=O)Nc2ccccc2)[C@@H](c2ccccc2)N2C(c3ccc([N+](=O)[O-])cc3)=CSC2=N1. The van der Waals surface area contributed by atoms with E-state index in [4.69, 9.17) is 4.99 Å². The van der Waals surface area contributed by atoms with E-state index in [0.29, 0.717) is 17.0 Å². The van der Waals surface area contributed by atoms with Crippen molar-refractivity contribution in [3.8, 4) is 0 Å². The third-order valence-corrected chi connectivity index (χ3v) is 6.53. The van der Waals surface area contributed by atoms with Crippen LogP contribution in [0.5, 0.6) is 0 Å².